The second kappa shape index (κ2) is 6.50. The molecule has 2 rings (SSSR count). The molecule has 0 aliphatic rings. The lowest BCUT2D eigenvalue weighted by Crippen LogP contribution is -2.26. The Balaban J connectivity index is 2.23. The monoisotopic (exact) mass is 347 g/mol. The van der Waals surface area contributed by atoms with Gasteiger partial charge in [-0.05, 0) is 25.1 Å². The Bertz CT molecular complexity index is 794. The fourth-order valence-electron chi connectivity index (χ4n) is 1.73. The SMILES string of the molecule is Cc1cc(CNS(=O)(=O)c2ccccc2OC(F)(F)F)ncn1. The van der Waals surface area contributed by atoms with Crippen LogP contribution in [0.4, 0.5) is 13.2 Å². The van der Waals surface area contributed by atoms with Gasteiger partial charge in [0.2, 0.25) is 10.0 Å². The zero-order chi connectivity index (χ0) is 17.1. The number of aryl methyl sites for hydroxylation is 1. The maximum absolute atomic E-state index is 12.4. The molecular weight excluding hydrogens is 335 g/mol. The molecule has 0 aliphatic carbocycles. The van der Waals surface area contributed by atoms with Crippen molar-refractivity contribution in [2.75, 3.05) is 0 Å². The molecule has 2 aromatic rings. The Hall–Kier alpha value is -2.20. The molecule has 23 heavy (non-hydrogen) atoms. The summed E-state index contributed by atoms with van der Waals surface area (Å²) in [4.78, 5) is 7.12. The van der Waals surface area contributed by atoms with Gasteiger partial charge in [0, 0.05) is 5.69 Å². The lowest BCUT2D eigenvalue weighted by atomic mass is 10.3. The molecule has 0 atom stereocenters. The fourth-order valence-corrected chi connectivity index (χ4v) is 2.86. The number of alkyl halides is 3. The fraction of sp³-hybridized carbons (Fsp3) is 0.231. The number of hydrogen-bond donors (Lipinski definition) is 1. The van der Waals surface area contributed by atoms with Crippen molar-refractivity contribution >= 4 is 10.0 Å². The Morgan fingerprint density at radius 2 is 1.91 bits per heavy atom. The number of rotatable bonds is 5. The van der Waals surface area contributed by atoms with Gasteiger partial charge >= 0.3 is 6.36 Å². The van der Waals surface area contributed by atoms with Gasteiger partial charge in [0.15, 0.2) is 0 Å². The van der Waals surface area contributed by atoms with Crippen LogP contribution in [-0.2, 0) is 16.6 Å². The van der Waals surface area contributed by atoms with E-state index in [9.17, 15) is 21.6 Å². The number of hydrogen-bond acceptors (Lipinski definition) is 5. The summed E-state index contributed by atoms with van der Waals surface area (Å²) in [6.45, 7) is 1.51. The summed E-state index contributed by atoms with van der Waals surface area (Å²) in [5.74, 6) is -0.800. The highest BCUT2D eigenvalue weighted by atomic mass is 32.2. The molecule has 1 N–H and O–H groups in total. The Labute approximate surface area is 130 Å². The van der Waals surface area contributed by atoms with Crippen LogP contribution in [0, 0.1) is 6.92 Å². The summed E-state index contributed by atoms with van der Waals surface area (Å²) in [5, 5.41) is 0. The molecule has 6 nitrogen and oxygen atoms in total. The van der Waals surface area contributed by atoms with Gasteiger partial charge in [-0.2, -0.15) is 0 Å². The molecule has 124 valence electrons. The minimum atomic E-state index is -4.99. The molecule has 1 heterocycles. The molecule has 1 aromatic carbocycles. The van der Waals surface area contributed by atoms with Crippen molar-refractivity contribution in [3.05, 3.63) is 48.0 Å². The largest absolute Gasteiger partial charge is 0.573 e. The van der Waals surface area contributed by atoms with Crippen molar-refractivity contribution in [1.29, 1.82) is 0 Å². The van der Waals surface area contributed by atoms with E-state index in [1.54, 1.807) is 13.0 Å². The smallest absolute Gasteiger partial charge is 0.404 e. The molecule has 0 aliphatic heterocycles. The minimum Gasteiger partial charge on any atom is -0.404 e. The van der Waals surface area contributed by atoms with Crippen molar-refractivity contribution in [3.8, 4) is 5.75 Å². The first kappa shape index (κ1) is 17.2. The van der Waals surface area contributed by atoms with E-state index in [0.717, 1.165) is 12.1 Å². The van der Waals surface area contributed by atoms with Gasteiger partial charge in [0.25, 0.3) is 0 Å². The first-order valence-corrected chi connectivity index (χ1v) is 7.78. The van der Waals surface area contributed by atoms with Crippen LogP contribution < -0.4 is 9.46 Å². The number of nitrogens with one attached hydrogen (secondary N) is 1. The van der Waals surface area contributed by atoms with Crippen molar-refractivity contribution < 1.29 is 26.3 Å². The molecule has 0 spiro atoms. The number of benzene rings is 1. The molecule has 0 radical (unpaired) electrons. The van der Waals surface area contributed by atoms with Crippen LogP contribution in [-0.4, -0.2) is 24.7 Å². The number of aromatic nitrogens is 2. The van der Waals surface area contributed by atoms with Gasteiger partial charge in [0.1, 0.15) is 17.0 Å². The van der Waals surface area contributed by atoms with Crippen LogP contribution in [0.15, 0.2) is 41.6 Å². The van der Waals surface area contributed by atoms with Crippen molar-refractivity contribution in [2.24, 2.45) is 0 Å². The van der Waals surface area contributed by atoms with Crippen LogP contribution in [0.25, 0.3) is 0 Å². The van der Waals surface area contributed by atoms with Crippen LogP contribution >= 0.6 is 0 Å². The van der Waals surface area contributed by atoms with Gasteiger partial charge in [-0.15, -0.1) is 13.2 Å². The Morgan fingerprint density at radius 1 is 1.22 bits per heavy atom. The van der Waals surface area contributed by atoms with E-state index < -0.39 is 27.0 Å². The third kappa shape index (κ3) is 4.89. The van der Waals surface area contributed by atoms with Gasteiger partial charge in [0.05, 0.1) is 12.2 Å². The number of ether oxygens (including phenoxy) is 1. The Morgan fingerprint density at radius 3 is 2.57 bits per heavy atom. The first-order valence-electron chi connectivity index (χ1n) is 6.29. The number of nitrogens with zero attached hydrogens (tertiary/aromatic N) is 2. The molecule has 0 unspecified atom stereocenters. The molecule has 0 bridgehead atoms. The maximum Gasteiger partial charge on any atom is 0.573 e. The highest BCUT2D eigenvalue weighted by Crippen LogP contribution is 2.29. The van der Waals surface area contributed by atoms with Crippen LogP contribution in [0.1, 0.15) is 11.4 Å². The summed E-state index contributed by atoms with van der Waals surface area (Å²) in [5.41, 5.74) is 1.02. The van der Waals surface area contributed by atoms with Crippen molar-refractivity contribution in [1.82, 2.24) is 14.7 Å². The molecule has 0 saturated heterocycles. The molecule has 0 saturated carbocycles. The van der Waals surface area contributed by atoms with E-state index in [-0.39, 0.29) is 6.54 Å². The standard InChI is InChI=1S/C13H12F3N3O3S/c1-9-6-10(18-8-17-9)7-19-23(20,21)12-5-3-2-4-11(12)22-13(14,15)16/h2-6,8,19H,7H2,1H3. The zero-order valence-electron chi connectivity index (χ0n) is 11.8. The first-order chi connectivity index (χ1) is 10.7. The summed E-state index contributed by atoms with van der Waals surface area (Å²) < 4.78 is 67.4. The van der Waals surface area contributed by atoms with Crippen LogP contribution in [0.5, 0.6) is 5.75 Å². The normalized spacial score (nSPS) is 12.2. The minimum absolute atomic E-state index is 0.188. The maximum atomic E-state index is 12.4. The molecule has 0 fully saturated rings. The molecule has 1 aromatic heterocycles. The van der Waals surface area contributed by atoms with E-state index in [1.165, 1.54) is 18.5 Å². The molecular formula is C13H12F3N3O3S. The van der Waals surface area contributed by atoms with Gasteiger partial charge < -0.3 is 4.74 Å². The summed E-state index contributed by atoms with van der Waals surface area (Å²) in [6.07, 6.45) is -3.73. The van der Waals surface area contributed by atoms with Crippen LogP contribution in [0.3, 0.4) is 0 Å². The second-order valence-electron chi connectivity index (χ2n) is 4.47. The predicted octanol–water partition coefficient (Wildman–Crippen LogP) is 2.16. The molecule has 0 amide bonds. The van der Waals surface area contributed by atoms with E-state index in [1.807, 2.05) is 0 Å². The quantitative estimate of drug-likeness (QED) is 0.896. The van der Waals surface area contributed by atoms with Crippen LogP contribution in [0.2, 0.25) is 0 Å². The summed E-state index contributed by atoms with van der Waals surface area (Å²) >= 11 is 0. The Kier molecular flexibility index (Phi) is 4.85. The molecule has 10 heteroatoms. The van der Waals surface area contributed by atoms with E-state index in [4.69, 9.17) is 0 Å². The van der Waals surface area contributed by atoms with Crippen molar-refractivity contribution in [2.45, 2.75) is 24.7 Å². The van der Waals surface area contributed by atoms with E-state index in [2.05, 4.69) is 19.4 Å². The summed E-state index contributed by atoms with van der Waals surface area (Å²) in [7, 11) is -4.21. The lowest BCUT2D eigenvalue weighted by molar-refractivity contribution is -0.275. The average molecular weight is 347 g/mol. The third-order valence-electron chi connectivity index (χ3n) is 2.67. The number of para-hydroxylation sites is 1. The van der Waals surface area contributed by atoms with E-state index in [0.29, 0.717) is 11.4 Å². The van der Waals surface area contributed by atoms with Gasteiger partial charge in [-0.3, -0.25) is 0 Å². The van der Waals surface area contributed by atoms with E-state index >= 15 is 0 Å². The lowest BCUT2D eigenvalue weighted by Gasteiger charge is -2.13. The third-order valence-corrected chi connectivity index (χ3v) is 4.11. The average Bonchev–Trinajstić information content (AvgIpc) is 2.44. The summed E-state index contributed by atoms with van der Waals surface area (Å²) in [6, 6.07) is 6.05. The predicted molar refractivity (Wildman–Crippen MR) is 73.9 cm³/mol. The van der Waals surface area contributed by atoms with Gasteiger partial charge in [-0.1, -0.05) is 12.1 Å². The second-order valence-corrected chi connectivity index (χ2v) is 6.21. The van der Waals surface area contributed by atoms with Gasteiger partial charge in [-0.25, -0.2) is 23.1 Å². The number of sulfonamides is 1. The highest BCUT2D eigenvalue weighted by molar-refractivity contribution is 7.89. The number of halogens is 3. The topological polar surface area (TPSA) is 81.2 Å². The zero-order valence-corrected chi connectivity index (χ0v) is 12.6. The highest BCUT2D eigenvalue weighted by Gasteiger charge is 2.33. The van der Waals surface area contributed by atoms with Crippen molar-refractivity contribution in [3.63, 3.8) is 0 Å².